The Labute approximate surface area is 262 Å². The molecule has 0 aromatic heterocycles. The molecule has 2 saturated heterocycles. The zero-order valence-electron chi connectivity index (χ0n) is 30.3. The van der Waals surface area contributed by atoms with E-state index in [-0.39, 0.29) is 29.5 Å². The molecule has 0 spiro atoms. The zero-order valence-corrected chi connectivity index (χ0v) is 30.3. The Kier molecular flexibility index (Phi) is 21.4. The summed E-state index contributed by atoms with van der Waals surface area (Å²) in [6.07, 6.45) is 0. The van der Waals surface area contributed by atoms with Crippen molar-refractivity contribution in [1.82, 2.24) is 4.90 Å². The molecule has 0 N–H and O–H groups in total. The maximum absolute atomic E-state index is 5.93. The Bertz CT molecular complexity index is 866. The topological polar surface area (TPSA) is 40.2 Å². The van der Waals surface area contributed by atoms with Crippen LogP contribution in [0.25, 0.3) is 0 Å². The first kappa shape index (κ1) is 42.5. The van der Waals surface area contributed by atoms with Gasteiger partial charge in [-0.1, -0.05) is 115 Å². The zero-order chi connectivity index (χ0) is 33.0. The van der Waals surface area contributed by atoms with Gasteiger partial charge in [0.05, 0.1) is 22.4 Å². The first-order valence-electron chi connectivity index (χ1n) is 16.0. The fourth-order valence-corrected chi connectivity index (χ4v) is 3.47. The van der Waals surface area contributed by atoms with Crippen LogP contribution in [-0.2, 0) is 18.6 Å². The molecule has 0 aliphatic carbocycles. The summed E-state index contributed by atoms with van der Waals surface area (Å²) in [7, 11) is 0.191. The predicted octanol–water partition coefficient (Wildman–Crippen LogP) is 8.24. The van der Waals surface area contributed by atoms with Crippen LogP contribution in [0.2, 0.25) is 0 Å². The van der Waals surface area contributed by atoms with E-state index in [1.54, 1.807) is 0 Å². The molecule has 4 rings (SSSR count). The second kappa shape index (κ2) is 21.1. The van der Waals surface area contributed by atoms with Crippen LogP contribution in [0.5, 0.6) is 0 Å². The minimum absolute atomic E-state index is 0.132. The number of rotatable bonds is 4. The number of hydrogen-bond donors (Lipinski definition) is 0. The van der Waals surface area contributed by atoms with Crippen molar-refractivity contribution in [2.45, 2.75) is 133 Å². The van der Waals surface area contributed by atoms with E-state index < -0.39 is 0 Å². The molecule has 2 fully saturated rings. The lowest BCUT2D eigenvalue weighted by Crippen LogP contribution is -2.41. The van der Waals surface area contributed by atoms with Crippen molar-refractivity contribution in [3.05, 3.63) is 66.2 Å². The van der Waals surface area contributed by atoms with E-state index in [9.17, 15) is 0 Å². The van der Waals surface area contributed by atoms with Crippen LogP contribution in [0.4, 0.5) is 0 Å². The molecule has 0 unspecified atom stereocenters. The molecule has 2 aliphatic heterocycles. The van der Waals surface area contributed by atoms with Gasteiger partial charge in [0, 0.05) is 0 Å². The molecule has 7 heteroatoms. The van der Waals surface area contributed by atoms with Crippen molar-refractivity contribution in [1.29, 1.82) is 0 Å². The monoisotopic (exact) mass is 586 g/mol. The Balaban J connectivity index is 0. The molecular weight excluding hydrogens is 520 g/mol. The van der Waals surface area contributed by atoms with Crippen LogP contribution in [0.15, 0.2) is 60.7 Å². The lowest BCUT2D eigenvalue weighted by Gasteiger charge is -2.32. The van der Waals surface area contributed by atoms with Gasteiger partial charge in [0.1, 0.15) is 0 Å². The molecular formula is C35H65B2NO4. The molecule has 5 nitrogen and oxygen atoms in total. The van der Waals surface area contributed by atoms with Crippen molar-refractivity contribution in [3.8, 4) is 0 Å². The first-order valence-corrected chi connectivity index (χ1v) is 16.0. The highest BCUT2D eigenvalue weighted by molar-refractivity contribution is 6.62. The van der Waals surface area contributed by atoms with Gasteiger partial charge in [0.15, 0.2) is 0 Å². The van der Waals surface area contributed by atoms with Crippen molar-refractivity contribution in [3.63, 3.8) is 0 Å². The summed E-state index contributed by atoms with van der Waals surface area (Å²) in [5.74, 6) is 0. The summed E-state index contributed by atoms with van der Waals surface area (Å²) in [5.41, 5.74) is 1.62. The van der Waals surface area contributed by atoms with Crippen LogP contribution in [0.1, 0.15) is 109 Å². The van der Waals surface area contributed by atoms with E-state index >= 15 is 0 Å². The third kappa shape index (κ3) is 14.7. The molecule has 0 amide bonds. The third-order valence-electron chi connectivity index (χ3n) is 7.90. The average molecular weight is 586 g/mol. The Hall–Kier alpha value is -1.63. The molecule has 0 atom stereocenters. The second-order valence-electron chi connectivity index (χ2n) is 11.7. The van der Waals surface area contributed by atoms with Crippen molar-refractivity contribution in [2.75, 3.05) is 19.6 Å². The predicted molar refractivity (Wildman–Crippen MR) is 187 cm³/mol. The minimum Gasteiger partial charge on any atom is -0.406 e. The van der Waals surface area contributed by atoms with E-state index in [1.807, 2.05) is 104 Å². The highest BCUT2D eigenvalue weighted by Gasteiger charge is 2.51. The Morgan fingerprint density at radius 2 is 0.905 bits per heavy atom. The van der Waals surface area contributed by atoms with Crippen LogP contribution >= 0.6 is 0 Å². The summed E-state index contributed by atoms with van der Waals surface area (Å²) in [5, 5.41) is 0. The average Bonchev–Trinajstić information content (AvgIpc) is 3.35. The smallest absolute Gasteiger partial charge is 0.406 e. The minimum atomic E-state index is -0.256. The van der Waals surface area contributed by atoms with Crippen LogP contribution in [-0.4, -0.2) is 61.7 Å². The number of hydrogen-bond acceptors (Lipinski definition) is 5. The summed E-state index contributed by atoms with van der Waals surface area (Å²) in [6, 6.07) is 20.3. The van der Waals surface area contributed by atoms with Gasteiger partial charge < -0.3 is 23.5 Å². The van der Waals surface area contributed by atoms with E-state index in [0.29, 0.717) is 7.69 Å². The maximum atomic E-state index is 5.93. The molecule has 0 bridgehead atoms. The number of aryl methyl sites for hydroxylation is 1. The first-order chi connectivity index (χ1) is 19.6. The summed E-state index contributed by atoms with van der Waals surface area (Å²) < 4.78 is 22.5. The molecule has 2 heterocycles. The van der Waals surface area contributed by atoms with Gasteiger partial charge in [-0.25, -0.2) is 0 Å². The summed E-state index contributed by atoms with van der Waals surface area (Å²) >= 11 is 0. The normalized spacial score (nSPS) is 18.1. The molecule has 2 aromatic carbocycles. The largest absolute Gasteiger partial charge is 0.494 e. The molecule has 2 aromatic rings. The summed E-state index contributed by atoms with van der Waals surface area (Å²) in [4.78, 5) is 2.38. The van der Waals surface area contributed by atoms with Crippen molar-refractivity contribution < 1.29 is 18.6 Å². The van der Waals surface area contributed by atoms with Crippen molar-refractivity contribution in [2.24, 2.45) is 0 Å². The van der Waals surface area contributed by atoms with Gasteiger partial charge in [-0.15, -0.1) is 0 Å². The van der Waals surface area contributed by atoms with E-state index in [1.165, 1.54) is 25.2 Å². The third-order valence-corrected chi connectivity index (χ3v) is 7.90. The lowest BCUT2D eigenvalue weighted by atomic mass is 9.79. The van der Waals surface area contributed by atoms with Gasteiger partial charge >= 0.3 is 14.8 Å². The fourth-order valence-electron chi connectivity index (χ4n) is 3.47. The SMILES string of the molecule is CC.CC.CC1(C)OB(c2ccccc2)OC1(C)C.CC1(C)OBOC1(C)C.CCN(CC)CC.Cc1ccccc1. The van der Waals surface area contributed by atoms with Gasteiger partial charge in [-0.2, -0.15) is 0 Å². The van der Waals surface area contributed by atoms with Gasteiger partial charge in [-0.3, -0.25) is 0 Å². The molecule has 2 aliphatic rings. The molecule has 0 saturated carbocycles. The molecule has 42 heavy (non-hydrogen) atoms. The van der Waals surface area contributed by atoms with Crippen LogP contribution in [0.3, 0.4) is 0 Å². The highest BCUT2D eigenvalue weighted by Crippen LogP contribution is 2.36. The van der Waals surface area contributed by atoms with Gasteiger partial charge in [-0.05, 0) is 87.4 Å². The van der Waals surface area contributed by atoms with Gasteiger partial charge in [0.2, 0.25) is 0 Å². The lowest BCUT2D eigenvalue weighted by molar-refractivity contribution is 0.00578. The van der Waals surface area contributed by atoms with Crippen molar-refractivity contribution >= 4 is 20.3 Å². The maximum Gasteiger partial charge on any atom is 0.494 e. The van der Waals surface area contributed by atoms with Crippen LogP contribution in [0, 0.1) is 6.92 Å². The fraction of sp³-hybridized carbons (Fsp3) is 0.657. The van der Waals surface area contributed by atoms with E-state index in [0.717, 1.165) is 5.46 Å². The Morgan fingerprint density at radius 3 is 1.12 bits per heavy atom. The van der Waals surface area contributed by atoms with Gasteiger partial charge in [0.25, 0.3) is 0 Å². The quantitative estimate of drug-likeness (QED) is 0.338. The molecule has 0 radical (unpaired) electrons. The number of benzene rings is 2. The van der Waals surface area contributed by atoms with E-state index in [4.69, 9.17) is 18.6 Å². The molecule has 240 valence electrons. The Morgan fingerprint density at radius 1 is 0.571 bits per heavy atom. The second-order valence-corrected chi connectivity index (χ2v) is 11.7. The van der Waals surface area contributed by atoms with E-state index in [2.05, 4.69) is 72.4 Å². The van der Waals surface area contributed by atoms with Crippen LogP contribution < -0.4 is 5.46 Å². The highest BCUT2D eigenvalue weighted by atomic mass is 16.7. The summed E-state index contributed by atoms with van der Waals surface area (Å²) in [6.45, 7) is 36.6. The number of nitrogens with zero attached hydrogens (tertiary/aromatic N) is 1. The standard InChI is InChI=1S/C12H17BO2.C7H8.C6H13BO2.C6H15N.2C2H6/c1-11(2)12(3,4)15-13(14-11)10-8-6-5-7-9-10;1-7-5-3-2-4-6-7;1-5(2)6(3,4)9-7-8-5;1-4-7(5-2)6-3;2*1-2/h5-9H,1-4H3;2-6H,1H3;7H,1-4H3;4-6H2,1-3H3;2*1-2H3.